The van der Waals surface area contributed by atoms with Crippen molar-refractivity contribution in [3.05, 3.63) is 82.4 Å². The molecule has 198 valence electrons. The summed E-state index contributed by atoms with van der Waals surface area (Å²) >= 11 is 0. The molecule has 0 saturated heterocycles. The van der Waals surface area contributed by atoms with Gasteiger partial charge in [0, 0.05) is 34.9 Å². The van der Waals surface area contributed by atoms with E-state index in [0.29, 0.717) is 30.0 Å². The third-order valence-electron chi connectivity index (χ3n) is 6.87. The molecule has 1 atom stereocenters. The Morgan fingerprint density at radius 1 is 1.18 bits per heavy atom. The van der Waals surface area contributed by atoms with Crippen molar-refractivity contribution in [1.29, 1.82) is 0 Å². The molecular formula is C31H33FN2O4. The van der Waals surface area contributed by atoms with Crippen LogP contribution < -0.4 is 4.74 Å². The molecule has 0 fully saturated rings. The monoisotopic (exact) mass is 516 g/mol. The molecule has 1 aliphatic rings. The Morgan fingerprint density at radius 3 is 2.68 bits per heavy atom. The number of rotatable bonds is 6. The molecule has 4 aromatic rings. The number of carbonyl (C=O) groups is 1. The molecule has 2 aromatic carbocycles. The standard InChI is InChI=1S/C31H33FN2O4/c1-18-15-20(8-10-24(18)32)17-34-13-12-23-27(22-9-11-25-21(16-22)7-6-14-37-25)26(19(2)33-29(23)34)28(30(35)36)38-31(3,4)5/h8-13,15-16,28H,6-7,14,17H2,1-5H3,(H,35,36). The van der Waals surface area contributed by atoms with E-state index in [0.717, 1.165) is 51.9 Å². The first-order chi connectivity index (χ1) is 18.0. The highest BCUT2D eigenvalue weighted by atomic mass is 19.1. The largest absolute Gasteiger partial charge is 0.493 e. The second-order valence-corrected chi connectivity index (χ2v) is 11.0. The Balaban J connectivity index is 1.73. The Bertz CT molecular complexity index is 1530. The van der Waals surface area contributed by atoms with Crippen molar-refractivity contribution in [2.45, 2.75) is 65.7 Å². The molecule has 6 nitrogen and oxygen atoms in total. The van der Waals surface area contributed by atoms with E-state index in [2.05, 4.69) is 6.07 Å². The number of carboxylic acids is 1. The lowest BCUT2D eigenvalue weighted by Gasteiger charge is -2.28. The first-order valence-electron chi connectivity index (χ1n) is 12.9. The lowest BCUT2D eigenvalue weighted by molar-refractivity contribution is -0.160. The van der Waals surface area contributed by atoms with Crippen LogP contribution in [0, 0.1) is 19.7 Å². The summed E-state index contributed by atoms with van der Waals surface area (Å²) in [5.41, 5.74) is 5.54. The highest BCUT2D eigenvalue weighted by Gasteiger charge is 2.33. The zero-order chi connectivity index (χ0) is 27.2. The summed E-state index contributed by atoms with van der Waals surface area (Å²) in [5.74, 6) is -0.427. The first kappa shape index (κ1) is 25.9. The summed E-state index contributed by atoms with van der Waals surface area (Å²) in [6, 6.07) is 13.1. The van der Waals surface area contributed by atoms with Gasteiger partial charge < -0.3 is 19.1 Å². The minimum atomic E-state index is -1.20. The van der Waals surface area contributed by atoms with Gasteiger partial charge in [-0.05, 0) is 94.0 Å². The van der Waals surface area contributed by atoms with Crippen molar-refractivity contribution in [2.75, 3.05) is 6.61 Å². The van der Waals surface area contributed by atoms with Crippen LogP contribution >= 0.6 is 0 Å². The number of aliphatic carboxylic acids is 1. The van der Waals surface area contributed by atoms with Crippen molar-refractivity contribution in [1.82, 2.24) is 9.55 Å². The molecule has 1 unspecified atom stereocenters. The fraction of sp³-hybridized carbons (Fsp3) is 0.355. The Hall–Kier alpha value is -3.71. The third kappa shape index (κ3) is 5.03. The van der Waals surface area contributed by atoms with Crippen LogP contribution in [0.5, 0.6) is 5.75 Å². The number of aryl methyl sites for hydroxylation is 3. The summed E-state index contributed by atoms with van der Waals surface area (Å²) in [4.78, 5) is 17.5. The summed E-state index contributed by atoms with van der Waals surface area (Å²) in [5, 5.41) is 11.1. The van der Waals surface area contributed by atoms with Gasteiger partial charge in [0.25, 0.3) is 0 Å². The number of nitrogens with zero attached hydrogens (tertiary/aromatic N) is 2. The van der Waals surface area contributed by atoms with E-state index in [1.807, 2.05) is 62.7 Å². The fourth-order valence-corrected chi connectivity index (χ4v) is 5.19. The van der Waals surface area contributed by atoms with Crippen LogP contribution in [-0.2, 0) is 22.5 Å². The molecule has 0 saturated carbocycles. The van der Waals surface area contributed by atoms with Crippen molar-refractivity contribution in [3.63, 3.8) is 0 Å². The zero-order valence-corrected chi connectivity index (χ0v) is 22.5. The van der Waals surface area contributed by atoms with Crippen LogP contribution in [0.2, 0.25) is 0 Å². The molecule has 0 bridgehead atoms. The SMILES string of the molecule is Cc1cc(Cn2ccc3c(-c4ccc5c(c4)CCCO5)c(C(OC(C)(C)C)C(=O)O)c(C)nc32)ccc1F. The van der Waals surface area contributed by atoms with Gasteiger partial charge in [0.1, 0.15) is 17.2 Å². The maximum absolute atomic E-state index is 13.9. The van der Waals surface area contributed by atoms with Gasteiger partial charge in [-0.1, -0.05) is 18.2 Å². The quantitative estimate of drug-likeness (QED) is 0.306. The molecule has 38 heavy (non-hydrogen) atoms. The molecular weight excluding hydrogens is 483 g/mol. The van der Waals surface area contributed by atoms with Gasteiger partial charge >= 0.3 is 5.97 Å². The second kappa shape index (κ2) is 9.87. The zero-order valence-electron chi connectivity index (χ0n) is 22.5. The van der Waals surface area contributed by atoms with Crippen molar-refractivity contribution < 1.29 is 23.8 Å². The number of hydrogen-bond donors (Lipinski definition) is 1. The minimum Gasteiger partial charge on any atom is -0.493 e. The fourth-order valence-electron chi connectivity index (χ4n) is 5.19. The maximum Gasteiger partial charge on any atom is 0.337 e. The van der Waals surface area contributed by atoms with E-state index in [1.165, 1.54) is 6.07 Å². The summed E-state index contributed by atoms with van der Waals surface area (Å²) in [6.07, 6.45) is 2.59. The molecule has 1 N–H and O–H groups in total. The van der Waals surface area contributed by atoms with Crippen LogP contribution in [0.4, 0.5) is 4.39 Å². The van der Waals surface area contributed by atoms with Crippen LogP contribution in [-0.4, -0.2) is 32.8 Å². The number of hydrogen-bond acceptors (Lipinski definition) is 4. The number of benzene rings is 2. The normalized spacial score (nSPS) is 14.3. The van der Waals surface area contributed by atoms with E-state index in [4.69, 9.17) is 14.5 Å². The summed E-state index contributed by atoms with van der Waals surface area (Å²) in [6.45, 7) is 10.3. The molecule has 7 heteroatoms. The van der Waals surface area contributed by atoms with E-state index >= 15 is 0 Å². The van der Waals surface area contributed by atoms with Gasteiger partial charge in [0.2, 0.25) is 0 Å². The van der Waals surface area contributed by atoms with Crippen LogP contribution in [0.25, 0.3) is 22.2 Å². The van der Waals surface area contributed by atoms with Crippen molar-refractivity contribution in [2.24, 2.45) is 0 Å². The number of pyridine rings is 1. The molecule has 0 amide bonds. The highest BCUT2D eigenvalue weighted by molar-refractivity contribution is 5.98. The van der Waals surface area contributed by atoms with Gasteiger partial charge in [-0.15, -0.1) is 0 Å². The summed E-state index contributed by atoms with van der Waals surface area (Å²) < 4.78 is 27.8. The molecule has 0 radical (unpaired) electrons. The molecule has 1 aliphatic heterocycles. The van der Waals surface area contributed by atoms with E-state index < -0.39 is 17.7 Å². The van der Waals surface area contributed by atoms with E-state index in [-0.39, 0.29) is 5.82 Å². The lowest BCUT2D eigenvalue weighted by Crippen LogP contribution is -2.28. The van der Waals surface area contributed by atoms with Gasteiger partial charge in [-0.2, -0.15) is 0 Å². The molecule has 5 rings (SSSR count). The predicted octanol–water partition coefficient (Wildman–Crippen LogP) is 6.77. The number of fused-ring (bicyclic) bond motifs is 2. The number of ether oxygens (including phenoxy) is 2. The average molecular weight is 517 g/mol. The number of aromatic nitrogens is 2. The molecule has 0 aliphatic carbocycles. The third-order valence-corrected chi connectivity index (χ3v) is 6.87. The van der Waals surface area contributed by atoms with Crippen LogP contribution in [0.3, 0.4) is 0 Å². The molecule has 2 aromatic heterocycles. The van der Waals surface area contributed by atoms with Gasteiger partial charge in [-0.3, -0.25) is 0 Å². The smallest absolute Gasteiger partial charge is 0.337 e. The summed E-state index contributed by atoms with van der Waals surface area (Å²) in [7, 11) is 0. The Kier molecular flexibility index (Phi) is 6.73. The lowest BCUT2D eigenvalue weighted by atomic mass is 9.90. The maximum atomic E-state index is 13.9. The van der Waals surface area contributed by atoms with Crippen molar-refractivity contribution in [3.8, 4) is 16.9 Å². The topological polar surface area (TPSA) is 73.6 Å². The van der Waals surface area contributed by atoms with Crippen molar-refractivity contribution >= 4 is 17.0 Å². The number of halogens is 1. The van der Waals surface area contributed by atoms with Crippen LogP contribution in [0.1, 0.15) is 61.2 Å². The Morgan fingerprint density at radius 2 is 1.97 bits per heavy atom. The van der Waals surface area contributed by atoms with Crippen LogP contribution in [0.15, 0.2) is 48.7 Å². The molecule has 3 heterocycles. The first-order valence-corrected chi connectivity index (χ1v) is 12.9. The molecule has 0 spiro atoms. The number of carboxylic acid groups (broad SMARTS) is 1. The van der Waals surface area contributed by atoms with Gasteiger partial charge in [0.05, 0.1) is 12.2 Å². The Labute approximate surface area is 222 Å². The second-order valence-electron chi connectivity index (χ2n) is 11.0. The van der Waals surface area contributed by atoms with Gasteiger partial charge in [0.15, 0.2) is 6.10 Å². The van der Waals surface area contributed by atoms with E-state index in [9.17, 15) is 14.3 Å². The predicted molar refractivity (Wildman–Crippen MR) is 145 cm³/mol. The average Bonchev–Trinajstić information content (AvgIpc) is 3.25. The van der Waals surface area contributed by atoms with E-state index in [1.54, 1.807) is 13.0 Å². The highest BCUT2D eigenvalue weighted by Crippen LogP contribution is 2.41. The minimum absolute atomic E-state index is 0.234. The van der Waals surface area contributed by atoms with Gasteiger partial charge in [-0.25, -0.2) is 14.2 Å².